The molecular weight excluding hydrogens is 276 g/mol. The first-order chi connectivity index (χ1) is 10.5. The highest BCUT2D eigenvalue weighted by molar-refractivity contribution is 5.94. The van der Waals surface area contributed by atoms with E-state index in [1.165, 1.54) is 0 Å². The average Bonchev–Trinajstić information content (AvgIpc) is 2.54. The van der Waals surface area contributed by atoms with Gasteiger partial charge in [0.2, 0.25) is 0 Å². The van der Waals surface area contributed by atoms with Crippen molar-refractivity contribution in [2.75, 3.05) is 14.1 Å². The first-order valence-electron chi connectivity index (χ1n) is 7.14. The van der Waals surface area contributed by atoms with Gasteiger partial charge < -0.3 is 10.2 Å². The quantitative estimate of drug-likeness (QED) is 0.943. The summed E-state index contributed by atoms with van der Waals surface area (Å²) in [6.45, 7) is 2.49. The molecule has 4 heteroatoms. The van der Waals surface area contributed by atoms with Gasteiger partial charge in [0.25, 0.3) is 11.8 Å². The number of carbonyl (C=O) groups excluding carboxylic acids is 2. The van der Waals surface area contributed by atoms with Gasteiger partial charge >= 0.3 is 0 Å². The summed E-state index contributed by atoms with van der Waals surface area (Å²) < 4.78 is 0. The van der Waals surface area contributed by atoms with Crippen LogP contribution in [-0.4, -0.2) is 30.8 Å². The summed E-state index contributed by atoms with van der Waals surface area (Å²) in [4.78, 5) is 25.5. The van der Waals surface area contributed by atoms with E-state index in [9.17, 15) is 9.59 Å². The van der Waals surface area contributed by atoms with E-state index in [4.69, 9.17) is 0 Å². The van der Waals surface area contributed by atoms with Crippen LogP contribution in [0.15, 0.2) is 48.5 Å². The molecule has 0 atom stereocenters. The maximum absolute atomic E-state index is 12.3. The summed E-state index contributed by atoms with van der Waals surface area (Å²) in [6.07, 6.45) is 0. The zero-order chi connectivity index (χ0) is 16.1. The minimum atomic E-state index is -0.115. The van der Waals surface area contributed by atoms with Crippen LogP contribution in [0.2, 0.25) is 0 Å². The van der Waals surface area contributed by atoms with E-state index in [1.54, 1.807) is 31.1 Å². The predicted molar refractivity (Wildman–Crippen MR) is 86.8 cm³/mol. The number of nitrogens with one attached hydrogen (secondary N) is 1. The van der Waals surface area contributed by atoms with Gasteiger partial charge in [-0.1, -0.05) is 29.8 Å². The van der Waals surface area contributed by atoms with Crippen molar-refractivity contribution in [3.05, 3.63) is 70.8 Å². The molecule has 1 N–H and O–H groups in total. The van der Waals surface area contributed by atoms with Gasteiger partial charge in [0, 0.05) is 31.8 Å². The molecule has 2 aromatic rings. The Kier molecular flexibility index (Phi) is 4.94. The Hall–Kier alpha value is -2.62. The summed E-state index contributed by atoms with van der Waals surface area (Å²) in [5.74, 6) is -0.133. The molecule has 22 heavy (non-hydrogen) atoms. The highest BCUT2D eigenvalue weighted by Crippen LogP contribution is 2.11. The fourth-order valence-electron chi connectivity index (χ4n) is 2.17. The molecule has 0 saturated carbocycles. The minimum Gasteiger partial charge on any atom is -0.355 e. The van der Waals surface area contributed by atoms with Gasteiger partial charge in [-0.25, -0.2) is 0 Å². The Morgan fingerprint density at radius 2 is 1.50 bits per heavy atom. The van der Waals surface area contributed by atoms with Crippen molar-refractivity contribution < 1.29 is 9.59 Å². The Labute approximate surface area is 130 Å². The Bertz CT molecular complexity index is 660. The van der Waals surface area contributed by atoms with Crippen molar-refractivity contribution in [2.24, 2.45) is 0 Å². The lowest BCUT2D eigenvalue weighted by molar-refractivity contribution is 0.0784. The Morgan fingerprint density at radius 3 is 2.05 bits per heavy atom. The summed E-state index contributed by atoms with van der Waals surface area (Å²) >= 11 is 0. The molecule has 0 saturated heterocycles. The second-order valence-corrected chi connectivity index (χ2v) is 5.30. The number of amides is 2. The third kappa shape index (κ3) is 3.73. The summed E-state index contributed by atoms with van der Waals surface area (Å²) in [7, 11) is 3.37. The second kappa shape index (κ2) is 6.89. The van der Waals surface area contributed by atoms with E-state index >= 15 is 0 Å². The molecular formula is C18H20N2O2. The summed E-state index contributed by atoms with van der Waals surface area (Å²) in [6, 6.07) is 14.8. The molecule has 0 fully saturated rings. The van der Waals surface area contributed by atoms with Gasteiger partial charge in [-0.15, -0.1) is 0 Å². The van der Waals surface area contributed by atoms with Crippen LogP contribution in [0.4, 0.5) is 0 Å². The maximum atomic E-state index is 12.3. The van der Waals surface area contributed by atoms with Crippen LogP contribution in [0.3, 0.4) is 0 Å². The van der Waals surface area contributed by atoms with E-state index in [0.29, 0.717) is 17.7 Å². The number of aryl methyl sites for hydroxylation is 1. The highest BCUT2D eigenvalue weighted by atomic mass is 16.2. The van der Waals surface area contributed by atoms with Crippen molar-refractivity contribution in [1.82, 2.24) is 10.2 Å². The zero-order valence-corrected chi connectivity index (χ0v) is 13.1. The van der Waals surface area contributed by atoms with E-state index in [0.717, 1.165) is 11.1 Å². The third-order valence-corrected chi connectivity index (χ3v) is 3.51. The Balaban J connectivity index is 2.05. The van der Waals surface area contributed by atoms with Crippen LogP contribution in [-0.2, 0) is 6.54 Å². The van der Waals surface area contributed by atoms with Gasteiger partial charge in [0.15, 0.2) is 0 Å². The van der Waals surface area contributed by atoms with Gasteiger partial charge in [-0.05, 0) is 36.8 Å². The van der Waals surface area contributed by atoms with Gasteiger partial charge in [0.05, 0.1) is 0 Å². The number of nitrogens with zero attached hydrogens (tertiary/aromatic N) is 1. The molecule has 2 amide bonds. The van der Waals surface area contributed by atoms with E-state index in [1.807, 2.05) is 43.3 Å². The SMILES string of the molecule is CNC(=O)c1ccc(CN(C)C(=O)c2ccc(C)cc2)cc1. The highest BCUT2D eigenvalue weighted by Gasteiger charge is 2.12. The van der Waals surface area contributed by atoms with Crippen LogP contribution >= 0.6 is 0 Å². The van der Waals surface area contributed by atoms with Crippen LogP contribution in [0.25, 0.3) is 0 Å². The number of carbonyl (C=O) groups is 2. The number of benzene rings is 2. The van der Waals surface area contributed by atoms with Crippen LogP contribution in [0.1, 0.15) is 31.8 Å². The van der Waals surface area contributed by atoms with Gasteiger partial charge in [0.1, 0.15) is 0 Å². The van der Waals surface area contributed by atoms with Crippen LogP contribution in [0.5, 0.6) is 0 Å². The van der Waals surface area contributed by atoms with Crippen molar-refractivity contribution in [3.63, 3.8) is 0 Å². The zero-order valence-electron chi connectivity index (χ0n) is 13.1. The lowest BCUT2D eigenvalue weighted by atomic mass is 10.1. The fraction of sp³-hybridized carbons (Fsp3) is 0.222. The van der Waals surface area contributed by atoms with Crippen molar-refractivity contribution in [3.8, 4) is 0 Å². The van der Waals surface area contributed by atoms with Crippen molar-refractivity contribution >= 4 is 11.8 Å². The fourth-order valence-corrected chi connectivity index (χ4v) is 2.17. The van der Waals surface area contributed by atoms with E-state index < -0.39 is 0 Å². The predicted octanol–water partition coefficient (Wildman–Crippen LogP) is 2.63. The standard InChI is InChI=1S/C18H20N2O2/c1-13-4-8-16(9-5-13)18(22)20(3)12-14-6-10-15(11-7-14)17(21)19-2/h4-11H,12H2,1-3H3,(H,19,21). The van der Waals surface area contributed by atoms with E-state index in [2.05, 4.69) is 5.32 Å². The first kappa shape index (κ1) is 15.8. The third-order valence-electron chi connectivity index (χ3n) is 3.51. The molecule has 0 aliphatic heterocycles. The molecule has 0 aliphatic carbocycles. The normalized spacial score (nSPS) is 10.1. The Morgan fingerprint density at radius 1 is 0.955 bits per heavy atom. The molecule has 4 nitrogen and oxygen atoms in total. The molecule has 0 aromatic heterocycles. The molecule has 0 heterocycles. The first-order valence-corrected chi connectivity index (χ1v) is 7.14. The van der Waals surface area contributed by atoms with Gasteiger partial charge in [-0.2, -0.15) is 0 Å². The number of hydrogen-bond donors (Lipinski definition) is 1. The molecule has 0 bridgehead atoms. The van der Waals surface area contributed by atoms with Crippen LogP contribution < -0.4 is 5.32 Å². The van der Waals surface area contributed by atoms with Gasteiger partial charge in [-0.3, -0.25) is 9.59 Å². The molecule has 0 unspecified atom stereocenters. The minimum absolute atomic E-state index is 0.0182. The number of rotatable bonds is 4. The molecule has 2 aromatic carbocycles. The summed E-state index contributed by atoms with van der Waals surface area (Å²) in [5, 5.41) is 2.58. The number of hydrogen-bond acceptors (Lipinski definition) is 2. The topological polar surface area (TPSA) is 49.4 Å². The maximum Gasteiger partial charge on any atom is 0.253 e. The molecule has 0 aliphatic rings. The van der Waals surface area contributed by atoms with Crippen molar-refractivity contribution in [1.29, 1.82) is 0 Å². The molecule has 0 spiro atoms. The monoisotopic (exact) mass is 296 g/mol. The second-order valence-electron chi connectivity index (χ2n) is 5.30. The van der Waals surface area contributed by atoms with Crippen LogP contribution in [0, 0.1) is 6.92 Å². The largest absolute Gasteiger partial charge is 0.355 e. The molecule has 0 radical (unpaired) electrons. The molecule has 2 rings (SSSR count). The molecule has 114 valence electrons. The lowest BCUT2D eigenvalue weighted by Gasteiger charge is -2.17. The van der Waals surface area contributed by atoms with Crippen molar-refractivity contribution in [2.45, 2.75) is 13.5 Å². The summed E-state index contributed by atoms with van der Waals surface area (Å²) in [5.41, 5.74) is 3.40. The van der Waals surface area contributed by atoms with E-state index in [-0.39, 0.29) is 11.8 Å². The average molecular weight is 296 g/mol. The smallest absolute Gasteiger partial charge is 0.253 e. The lowest BCUT2D eigenvalue weighted by Crippen LogP contribution is -2.26.